The maximum Gasteiger partial charge on any atom is 0.391 e. The van der Waals surface area contributed by atoms with Crippen LogP contribution in [0.2, 0.25) is 0 Å². The molecule has 1 saturated heterocycles. The number of amides is 1. The van der Waals surface area contributed by atoms with Gasteiger partial charge in [-0.1, -0.05) is 6.07 Å². The average molecular weight is 274 g/mol. The second-order valence-electron chi connectivity index (χ2n) is 4.54. The summed E-state index contributed by atoms with van der Waals surface area (Å²) in [5.74, 6) is -1.77. The Balaban J connectivity index is 2.02. The predicted molar refractivity (Wildman–Crippen MR) is 61.7 cm³/mol. The number of H-pyrrole nitrogens is 1. The van der Waals surface area contributed by atoms with Gasteiger partial charge in [-0.05, 0) is 18.9 Å². The Bertz CT molecular complexity index is 516. The number of pyridine rings is 1. The highest BCUT2D eigenvalue weighted by atomic mass is 19.4. The van der Waals surface area contributed by atoms with Crippen LogP contribution in [0.5, 0.6) is 0 Å². The molecule has 0 aliphatic carbocycles. The molecular weight excluding hydrogens is 261 g/mol. The molecule has 2 rings (SSSR count). The summed E-state index contributed by atoms with van der Waals surface area (Å²) >= 11 is 0. The molecule has 104 valence electrons. The number of piperidine rings is 1. The van der Waals surface area contributed by atoms with Gasteiger partial charge in [-0.2, -0.15) is 13.2 Å². The van der Waals surface area contributed by atoms with Crippen molar-refractivity contribution in [2.45, 2.75) is 19.0 Å². The summed E-state index contributed by atoms with van der Waals surface area (Å²) in [7, 11) is 0. The Labute approximate surface area is 107 Å². The lowest BCUT2D eigenvalue weighted by Gasteiger charge is -2.32. The number of halogens is 3. The maximum absolute atomic E-state index is 12.5. The van der Waals surface area contributed by atoms with Crippen molar-refractivity contribution in [2.24, 2.45) is 5.92 Å². The first kappa shape index (κ1) is 13.6. The lowest BCUT2D eigenvalue weighted by Crippen LogP contribution is -2.42. The molecule has 4 nitrogen and oxygen atoms in total. The number of nitrogens with one attached hydrogen (secondary N) is 1. The number of aromatic amines is 1. The van der Waals surface area contributed by atoms with E-state index in [-0.39, 0.29) is 31.6 Å². The Morgan fingerprint density at radius 1 is 1.26 bits per heavy atom. The lowest BCUT2D eigenvalue weighted by atomic mass is 9.96. The lowest BCUT2D eigenvalue weighted by molar-refractivity contribution is -0.183. The van der Waals surface area contributed by atoms with E-state index in [2.05, 4.69) is 4.98 Å². The van der Waals surface area contributed by atoms with Crippen molar-refractivity contribution >= 4 is 5.91 Å². The van der Waals surface area contributed by atoms with Crippen molar-refractivity contribution in [3.05, 3.63) is 34.2 Å². The summed E-state index contributed by atoms with van der Waals surface area (Å²) in [5.41, 5.74) is -0.297. The molecule has 1 amide bonds. The molecule has 0 saturated carbocycles. The minimum atomic E-state index is -4.20. The maximum atomic E-state index is 12.5. The highest BCUT2D eigenvalue weighted by molar-refractivity contribution is 5.92. The molecule has 1 fully saturated rings. The van der Waals surface area contributed by atoms with Crippen LogP contribution in [-0.2, 0) is 0 Å². The van der Waals surface area contributed by atoms with Crippen molar-refractivity contribution in [2.75, 3.05) is 13.1 Å². The molecule has 1 aliphatic heterocycles. The summed E-state index contributed by atoms with van der Waals surface area (Å²) in [6, 6.07) is 4.15. The summed E-state index contributed by atoms with van der Waals surface area (Å²) in [6.07, 6.45) is -4.38. The van der Waals surface area contributed by atoms with Gasteiger partial charge in [-0.25, -0.2) is 0 Å². The van der Waals surface area contributed by atoms with E-state index in [1.165, 1.54) is 23.1 Å². The molecule has 19 heavy (non-hydrogen) atoms. The van der Waals surface area contributed by atoms with Crippen molar-refractivity contribution < 1.29 is 18.0 Å². The van der Waals surface area contributed by atoms with Crippen molar-refractivity contribution in [3.8, 4) is 0 Å². The van der Waals surface area contributed by atoms with E-state index in [9.17, 15) is 22.8 Å². The molecule has 7 heteroatoms. The number of alkyl halides is 3. The molecule has 0 bridgehead atoms. The Kier molecular flexibility index (Phi) is 3.64. The molecule has 1 aromatic heterocycles. The minimum absolute atomic E-state index is 0.0555. The van der Waals surface area contributed by atoms with E-state index >= 15 is 0 Å². The Morgan fingerprint density at radius 3 is 2.42 bits per heavy atom. The van der Waals surface area contributed by atoms with E-state index in [1.54, 1.807) is 0 Å². The third-order valence-corrected chi connectivity index (χ3v) is 3.24. The number of hydrogen-bond donors (Lipinski definition) is 1. The number of carbonyl (C=O) groups excluding carboxylic acids is 1. The van der Waals surface area contributed by atoms with Gasteiger partial charge < -0.3 is 9.88 Å². The van der Waals surface area contributed by atoms with Gasteiger partial charge in [0.2, 0.25) is 5.56 Å². The van der Waals surface area contributed by atoms with E-state index in [0.717, 1.165) is 0 Å². The summed E-state index contributed by atoms with van der Waals surface area (Å²) in [5, 5.41) is 0. The van der Waals surface area contributed by atoms with E-state index < -0.39 is 23.6 Å². The topological polar surface area (TPSA) is 53.2 Å². The third-order valence-electron chi connectivity index (χ3n) is 3.24. The zero-order valence-corrected chi connectivity index (χ0v) is 10.0. The molecule has 1 aromatic rings. The summed E-state index contributed by atoms with van der Waals surface area (Å²) < 4.78 is 37.5. The Morgan fingerprint density at radius 2 is 1.89 bits per heavy atom. The molecule has 0 aromatic carbocycles. The van der Waals surface area contributed by atoms with Crippen molar-refractivity contribution in [1.29, 1.82) is 0 Å². The van der Waals surface area contributed by atoms with Crippen LogP contribution in [0.1, 0.15) is 23.3 Å². The molecule has 2 heterocycles. The minimum Gasteiger partial charge on any atom is -0.337 e. The van der Waals surface area contributed by atoms with Gasteiger partial charge >= 0.3 is 6.18 Å². The molecule has 1 aliphatic rings. The second kappa shape index (κ2) is 5.07. The normalized spacial score (nSPS) is 17.5. The van der Waals surface area contributed by atoms with Crippen LogP contribution in [0, 0.1) is 5.92 Å². The fourth-order valence-electron chi connectivity index (χ4n) is 2.15. The highest BCUT2D eigenvalue weighted by Crippen LogP contribution is 2.34. The third kappa shape index (κ3) is 3.15. The Hall–Kier alpha value is -1.79. The SMILES string of the molecule is O=C(c1cccc(=O)[nH]1)N1CCC(C(F)(F)F)CC1. The molecule has 0 atom stereocenters. The number of hydrogen-bond acceptors (Lipinski definition) is 2. The number of carbonyl (C=O) groups is 1. The van der Waals surface area contributed by atoms with Crippen LogP contribution in [-0.4, -0.2) is 35.1 Å². The first-order valence-electron chi connectivity index (χ1n) is 5.93. The van der Waals surface area contributed by atoms with E-state index in [1.807, 2.05) is 0 Å². The first-order chi connectivity index (χ1) is 8.88. The number of aromatic nitrogens is 1. The van der Waals surface area contributed by atoms with Crippen LogP contribution in [0.15, 0.2) is 23.0 Å². The van der Waals surface area contributed by atoms with Crippen LogP contribution >= 0.6 is 0 Å². The molecule has 0 spiro atoms. The van der Waals surface area contributed by atoms with Gasteiger partial charge in [0.15, 0.2) is 0 Å². The van der Waals surface area contributed by atoms with Crippen molar-refractivity contribution in [1.82, 2.24) is 9.88 Å². The fourth-order valence-corrected chi connectivity index (χ4v) is 2.15. The highest BCUT2D eigenvalue weighted by Gasteiger charge is 2.41. The van der Waals surface area contributed by atoms with Gasteiger partial charge in [-0.15, -0.1) is 0 Å². The van der Waals surface area contributed by atoms with Gasteiger partial charge in [0, 0.05) is 19.2 Å². The van der Waals surface area contributed by atoms with Crippen LogP contribution in [0.25, 0.3) is 0 Å². The van der Waals surface area contributed by atoms with Gasteiger partial charge in [-0.3, -0.25) is 9.59 Å². The van der Waals surface area contributed by atoms with E-state index in [4.69, 9.17) is 0 Å². The number of likely N-dealkylation sites (tertiary alicyclic amines) is 1. The largest absolute Gasteiger partial charge is 0.391 e. The standard InChI is InChI=1S/C12H13F3N2O2/c13-12(14,15)8-4-6-17(7-5-8)11(19)9-2-1-3-10(18)16-9/h1-3,8H,4-7H2,(H,16,18). The molecule has 0 radical (unpaired) electrons. The zero-order valence-electron chi connectivity index (χ0n) is 10.0. The summed E-state index contributed by atoms with van der Waals surface area (Å²) in [4.78, 5) is 26.8. The zero-order chi connectivity index (χ0) is 14.0. The summed E-state index contributed by atoms with van der Waals surface area (Å²) in [6.45, 7) is 0.111. The monoisotopic (exact) mass is 274 g/mol. The van der Waals surface area contributed by atoms with Crippen LogP contribution in [0.4, 0.5) is 13.2 Å². The first-order valence-corrected chi connectivity index (χ1v) is 5.93. The van der Waals surface area contributed by atoms with Crippen molar-refractivity contribution in [3.63, 3.8) is 0 Å². The van der Waals surface area contributed by atoms with E-state index in [0.29, 0.717) is 0 Å². The van der Waals surface area contributed by atoms with Gasteiger partial charge in [0.1, 0.15) is 5.69 Å². The molecular formula is C12H13F3N2O2. The average Bonchev–Trinajstić information content (AvgIpc) is 2.37. The smallest absolute Gasteiger partial charge is 0.337 e. The fraction of sp³-hybridized carbons (Fsp3) is 0.500. The van der Waals surface area contributed by atoms with Gasteiger partial charge in [0.05, 0.1) is 5.92 Å². The molecule has 1 N–H and O–H groups in total. The number of rotatable bonds is 1. The van der Waals surface area contributed by atoms with Crippen LogP contribution < -0.4 is 5.56 Å². The predicted octanol–water partition coefficient (Wildman–Crippen LogP) is 1.79. The molecule has 0 unspecified atom stereocenters. The number of nitrogens with zero attached hydrogens (tertiary/aromatic N) is 1. The van der Waals surface area contributed by atoms with Crippen LogP contribution in [0.3, 0.4) is 0 Å². The quantitative estimate of drug-likeness (QED) is 0.848. The second-order valence-corrected chi connectivity index (χ2v) is 4.54. The van der Waals surface area contributed by atoms with Gasteiger partial charge in [0.25, 0.3) is 5.91 Å².